The van der Waals surface area contributed by atoms with E-state index in [0.29, 0.717) is 5.41 Å². The molecule has 68 valence electrons. The molecule has 0 bridgehead atoms. The van der Waals surface area contributed by atoms with Crippen LogP contribution in [0.15, 0.2) is 11.6 Å². The lowest BCUT2D eigenvalue weighted by molar-refractivity contribution is 0.280. The molecular weight excluding hydrogens is 148 g/mol. The fraction of sp³-hybridized carbons (Fsp3) is 0.818. The van der Waals surface area contributed by atoms with Gasteiger partial charge in [-0.1, -0.05) is 13.0 Å². The Labute approximate surface area is 74.5 Å². The summed E-state index contributed by atoms with van der Waals surface area (Å²) in [6.45, 7) is 2.69. The largest absolute Gasteiger partial charge is 0.392 e. The van der Waals surface area contributed by atoms with Crippen LogP contribution in [-0.4, -0.2) is 11.7 Å². The van der Waals surface area contributed by atoms with Crippen LogP contribution in [0.2, 0.25) is 0 Å². The first-order chi connectivity index (χ1) is 5.74. The van der Waals surface area contributed by atoms with Crippen LogP contribution < -0.4 is 0 Å². The zero-order valence-electron chi connectivity index (χ0n) is 7.84. The van der Waals surface area contributed by atoms with Crippen molar-refractivity contribution in [1.82, 2.24) is 0 Å². The Morgan fingerprint density at radius 1 is 1.58 bits per heavy atom. The van der Waals surface area contributed by atoms with Crippen molar-refractivity contribution >= 4 is 0 Å². The molecule has 0 aromatic heterocycles. The van der Waals surface area contributed by atoms with Crippen molar-refractivity contribution in [2.24, 2.45) is 11.3 Å². The van der Waals surface area contributed by atoms with Gasteiger partial charge in [0.05, 0.1) is 6.61 Å². The van der Waals surface area contributed by atoms with Crippen LogP contribution in [0.3, 0.4) is 0 Å². The highest BCUT2D eigenvalue weighted by atomic mass is 16.3. The minimum absolute atomic E-state index is 0.281. The second-order valence-electron chi connectivity index (χ2n) is 4.65. The first-order valence-corrected chi connectivity index (χ1v) is 5.03. The summed E-state index contributed by atoms with van der Waals surface area (Å²) in [5.74, 6) is 0.910. The van der Waals surface area contributed by atoms with Crippen molar-refractivity contribution in [2.75, 3.05) is 6.61 Å². The van der Waals surface area contributed by atoms with E-state index in [1.807, 2.05) is 0 Å². The van der Waals surface area contributed by atoms with Gasteiger partial charge in [-0.15, -0.1) is 0 Å². The Morgan fingerprint density at radius 2 is 2.33 bits per heavy atom. The van der Waals surface area contributed by atoms with Crippen molar-refractivity contribution in [3.8, 4) is 0 Å². The summed E-state index contributed by atoms with van der Waals surface area (Å²) in [5.41, 5.74) is 1.94. The van der Waals surface area contributed by atoms with E-state index in [4.69, 9.17) is 5.11 Å². The smallest absolute Gasteiger partial charge is 0.0641 e. The molecule has 1 nitrogen and oxygen atoms in total. The number of hydrogen-bond acceptors (Lipinski definition) is 1. The summed E-state index contributed by atoms with van der Waals surface area (Å²) < 4.78 is 0. The number of aliphatic hydroxyl groups excluding tert-OH is 1. The molecule has 0 radical (unpaired) electrons. The fourth-order valence-electron chi connectivity index (χ4n) is 2.27. The Kier molecular flexibility index (Phi) is 1.99. The number of aliphatic hydroxyl groups is 1. The lowest BCUT2D eigenvalue weighted by Gasteiger charge is -2.26. The SMILES string of the molecule is CC1([C@@H]2CC=C(CO)CC2)CC1. The summed E-state index contributed by atoms with van der Waals surface area (Å²) in [4.78, 5) is 0. The van der Waals surface area contributed by atoms with Crippen molar-refractivity contribution in [3.63, 3.8) is 0 Å². The molecule has 1 saturated carbocycles. The molecule has 2 aliphatic carbocycles. The molecule has 1 N–H and O–H groups in total. The van der Waals surface area contributed by atoms with E-state index in [2.05, 4.69) is 13.0 Å². The molecule has 0 aliphatic heterocycles. The number of rotatable bonds is 2. The predicted octanol–water partition coefficient (Wildman–Crippen LogP) is 2.51. The molecule has 1 atom stereocenters. The molecule has 2 aliphatic rings. The number of hydrogen-bond donors (Lipinski definition) is 1. The van der Waals surface area contributed by atoms with Crippen molar-refractivity contribution < 1.29 is 5.11 Å². The summed E-state index contributed by atoms with van der Waals surface area (Å²) in [7, 11) is 0. The maximum atomic E-state index is 8.93. The summed E-state index contributed by atoms with van der Waals surface area (Å²) >= 11 is 0. The van der Waals surface area contributed by atoms with Crippen molar-refractivity contribution in [3.05, 3.63) is 11.6 Å². The molecule has 2 rings (SSSR count). The highest BCUT2D eigenvalue weighted by Gasteiger charge is 2.44. The van der Waals surface area contributed by atoms with Crippen LogP contribution in [0.1, 0.15) is 39.0 Å². The highest BCUT2D eigenvalue weighted by molar-refractivity contribution is 5.10. The van der Waals surface area contributed by atoms with Gasteiger partial charge in [-0.25, -0.2) is 0 Å². The molecule has 1 fully saturated rings. The van der Waals surface area contributed by atoms with Gasteiger partial charge in [-0.3, -0.25) is 0 Å². The van der Waals surface area contributed by atoms with Crippen LogP contribution >= 0.6 is 0 Å². The monoisotopic (exact) mass is 166 g/mol. The van der Waals surface area contributed by atoms with Gasteiger partial charge in [0, 0.05) is 0 Å². The van der Waals surface area contributed by atoms with Gasteiger partial charge >= 0.3 is 0 Å². The standard InChI is InChI=1S/C11H18O/c1-11(6-7-11)10-4-2-9(8-12)3-5-10/h2,10,12H,3-8H2,1H3/t10-/m1/s1. The van der Waals surface area contributed by atoms with E-state index in [9.17, 15) is 0 Å². The van der Waals surface area contributed by atoms with Crippen molar-refractivity contribution in [1.29, 1.82) is 0 Å². The Balaban J connectivity index is 1.94. The minimum atomic E-state index is 0.281. The summed E-state index contributed by atoms with van der Waals surface area (Å²) in [6, 6.07) is 0. The topological polar surface area (TPSA) is 20.2 Å². The van der Waals surface area contributed by atoms with E-state index in [1.165, 1.54) is 31.3 Å². The molecule has 0 heterocycles. The molecular formula is C11H18O. The maximum Gasteiger partial charge on any atom is 0.0641 e. The molecule has 0 spiro atoms. The van der Waals surface area contributed by atoms with Gasteiger partial charge in [0.15, 0.2) is 0 Å². The second kappa shape index (κ2) is 2.88. The Morgan fingerprint density at radius 3 is 2.75 bits per heavy atom. The zero-order chi connectivity index (χ0) is 8.60. The molecule has 12 heavy (non-hydrogen) atoms. The molecule has 0 unspecified atom stereocenters. The number of allylic oxidation sites excluding steroid dienone is 1. The first-order valence-electron chi connectivity index (χ1n) is 5.03. The van der Waals surface area contributed by atoms with Gasteiger partial charge < -0.3 is 5.11 Å². The molecule has 1 heteroatoms. The van der Waals surface area contributed by atoms with E-state index < -0.39 is 0 Å². The van der Waals surface area contributed by atoms with E-state index in [-0.39, 0.29) is 6.61 Å². The molecule has 0 aromatic carbocycles. The zero-order valence-corrected chi connectivity index (χ0v) is 7.84. The van der Waals surface area contributed by atoms with Crippen molar-refractivity contribution in [2.45, 2.75) is 39.0 Å². The first kappa shape index (κ1) is 8.31. The van der Waals surface area contributed by atoms with Crippen LogP contribution in [-0.2, 0) is 0 Å². The van der Waals surface area contributed by atoms with Crippen LogP contribution in [0, 0.1) is 11.3 Å². The fourth-order valence-corrected chi connectivity index (χ4v) is 2.27. The van der Waals surface area contributed by atoms with Gasteiger partial charge in [-0.05, 0) is 49.0 Å². The van der Waals surface area contributed by atoms with Gasteiger partial charge in [0.2, 0.25) is 0 Å². The van der Waals surface area contributed by atoms with E-state index in [0.717, 1.165) is 12.3 Å². The van der Waals surface area contributed by atoms with Gasteiger partial charge in [0.25, 0.3) is 0 Å². The summed E-state index contributed by atoms with van der Waals surface area (Å²) in [5, 5.41) is 8.93. The van der Waals surface area contributed by atoms with Crippen LogP contribution in [0.5, 0.6) is 0 Å². The minimum Gasteiger partial charge on any atom is -0.392 e. The predicted molar refractivity (Wildman–Crippen MR) is 49.9 cm³/mol. The Bertz CT molecular complexity index is 201. The lowest BCUT2D eigenvalue weighted by Crippen LogP contribution is -2.16. The maximum absolute atomic E-state index is 8.93. The Hall–Kier alpha value is -0.300. The van der Waals surface area contributed by atoms with E-state index >= 15 is 0 Å². The third-order valence-corrected chi connectivity index (χ3v) is 3.73. The third-order valence-electron chi connectivity index (χ3n) is 3.73. The van der Waals surface area contributed by atoms with Gasteiger partial charge in [-0.2, -0.15) is 0 Å². The second-order valence-corrected chi connectivity index (χ2v) is 4.65. The van der Waals surface area contributed by atoms with Crippen LogP contribution in [0.4, 0.5) is 0 Å². The van der Waals surface area contributed by atoms with E-state index in [1.54, 1.807) is 0 Å². The lowest BCUT2D eigenvalue weighted by atomic mass is 9.79. The molecule has 0 aromatic rings. The molecule has 0 amide bonds. The quantitative estimate of drug-likeness (QED) is 0.625. The van der Waals surface area contributed by atoms with Gasteiger partial charge in [0.1, 0.15) is 0 Å². The average Bonchev–Trinajstić information content (AvgIpc) is 2.85. The highest BCUT2D eigenvalue weighted by Crippen LogP contribution is 2.55. The normalized spacial score (nSPS) is 32.8. The molecule has 0 saturated heterocycles. The average molecular weight is 166 g/mol. The third kappa shape index (κ3) is 1.42. The van der Waals surface area contributed by atoms with Crippen LogP contribution in [0.25, 0.3) is 0 Å². The summed E-state index contributed by atoms with van der Waals surface area (Å²) in [6.07, 6.45) is 8.78.